The molecule has 2 N–H and O–H groups in total. The number of anilines is 1. The van der Waals surface area contributed by atoms with Gasteiger partial charge in [-0.05, 0) is 54.4 Å². The van der Waals surface area contributed by atoms with Crippen LogP contribution in [0.3, 0.4) is 0 Å². The molecule has 2 amide bonds. The largest absolute Gasteiger partial charge is 0.346 e. The monoisotopic (exact) mass is 387 g/mol. The van der Waals surface area contributed by atoms with Gasteiger partial charge in [0.1, 0.15) is 0 Å². The molecule has 1 aliphatic rings. The predicted octanol–water partition coefficient (Wildman–Crippen LogP) is 3.73. The summed E-state index contributed by atoms with van der Waals surface area (Å²) in [5, 5.41) is 7.86. The molecule has 5 heteroatoms. The highest BCUT2D eigenvalue weighted by Crippen LogP contribution is 2.30. The van der Waals surface area contributed by atoms with Crippen molar-refractivity contribution >= 4 is 28.3 Å². The molecule has 0 saturated carbocycles. The van der Waals surface area contributed by atoms with E-state index in [9.17, 15) is 9.59 Å². The van der Waals surface area contributed by atoms with Crippen molar-refractivity contribution in [3.8, 4) is 0 Å². The highest BCUT2D eigenvalue weighted by molar-refractivity contribution is 6.39. The summed E-state index contributed by atoms with van der Waals surface area (Å²) in [5.74, 6) is -1.26. The smallest absolute Gasteiger partial charge is 0.313 e. The van der Waals surface area contributed by atoms with E-state index < -0.39 is 11.8 Å². The highest BCUT2D eigenvalue weighted by atomic mass is 16.2. The fraction of sp³-hybridized carbons (Fsp3) is 0.250. The van der Waals surface area contributed by atoms with Gasteiger partial charge in [-0.2, -0.15) is 0 Å². The first-order valence-corrected chi connectivity index (χ1v) is 10.1. The lowest BCUT2D eigenvalue weighted by molar-refractivity contribution is -0.136. The standard InChI is InChI=1S/C24H25N3O2/c28-23(24(29)26-19-11-2-1-3-12-19)25-17-22(27-15-6-7-16-27)21-14-8-10-18-9-4-5-13-20(18)21/h1-5,8-14,22H,6-7,15-17H2,(H,25,28)(H,26,29)/t22-/m0/s1. The Labute approximate surface area is 170 Å². The molecule has 3 aromatic carbocycles. The fourth-order valence-corrected chi connectivity index (χ4v) is 4.01. The van der Waals surface area contributed by atoms with Crippen molar-refractivity contribution in [2.24, 2.45) is 0 Å². The number of benzene rings is 3. The molecule has 0 spiro atoms. The third-order valence-corrected chi connectivity index (χ3v) is 5.46. The SMILES string of the molecule is O=C(NC[C@@H](c1cccc2ccccc12)N1CCCC1)C(=O)Nc1ccccc1. The Morgan fingerprint density at radius 1 is 0.828 bits per heavy atom. The molecule has 0 aliphatic carbocycles. The van der Waals surface area contributed by atoms with Gasteiger partial charge in [-0.15, -0.1) is 0 Å². The predicted molar refractivity (Wildman–Crippen MR) is 116 cm³/mol. The van der Waals surface area contributed by atoms with E-state index in [0.717, 1.165) is 25.9 Å². The Balaban J connectivity index is 1.51. The number of likely N-dealkylation sites (tertiary alicyclic amines) is 1. The fourth-order valence-electron chi connectivity index (χ4n) is 4.01. The minimum atomic E-state index is -0.644. The molecule has 3 aromatic rings. The molecule has 0 radical (unpaired) electrons. The van der Waals surface area contributed by atoms with Crippen molar-refractivity contribution in [3.63, 3.8) is 0 Å². The molecule has 1 heterocycles. The highest BCUT2D eigenvalue weighted by Gasteiger charge is 2.26. The van der Waals surface area contributed by atoms with Gasteiger partial charge in [0.15, 0.2) is 0 Å². The number of carbonyl (C=O) groups is 2. The average Bonchev–Trinajstić information content (AvgIpc) is 3.29. The number of para-hydroxylation sites is 1. The lowest BCUT2D eigenvalue weighted by atomic mass is 9.97. The number of fused-ring (bicyclic) bond motifs is 1. The van der Waals surface area contributed by atoms with Crippen LogP contribution in [0.5, 0.6) is 0 Å². The third-order valence-electron chi connectivity index (χ3n) is 5.46. The summed E-state index contributed by atoms with van der Waals surface area (Å²) in [6, 6.07) is 23.6. The zero-order chi connectivity index (χ0) is 20.1. The maximum Gasteiger partial charge on any atom is 0.313 e. The van der Waals surface area contributed by atoms with Crippen LogP contribution in [0.1, 0.15) is 24.4 Å². The van der Waals surface area contributed by atoms with E-state index in [1.165, 1.54) is 16.3 Å². The molecule has 5 nitrogen and oxygen atoms in total. The molecule has 29 heavy (non-hydrogen) atoms. The number of nitrogens with one attached hydrogen (secondary N) is 2. The molecule has 4 rings (SSSR count). The van der Waals surface area contributed by atoms with E-state index in [4.69, 9.17) is 0 Å². The van der Waals surface area contributed by atoms with Crippen LogP contribution in [0.4, 0.5) is 5.69 Å². The number of nitrogens with zero attached hydrogens (tertiary/aromatic N) is 1. The Morgan fingerprint density at radius 3 is 2.31 bits per heavy atom. The first kappa shape index (κ1) is 19.2. The summed E-state index contributed by atoms with van der Waals surface area (Å²) < 4.78 is 0. The summed E-state index contributed by atoms with van der Waals surface area (Å²) in [6.45, 7) is 2.40. The van der Waals surface area contributed by atoms with Crippen LogP contribution < -0.4 is 10.6 Å². The molecule has 1 aliphatic heterocycles. The van der Waals surface area contributed by atoms with E-state index in [1.54, 1.807) is 12.1 Å². The zero-order valence-electron chi connectivity index (χ0n) is 16.3. The van der Waals surface area contributed by atoms with Crippen molar-refractivity contribution in [2.45, 2.75) is 18.9 Å². The minimum absolute atomic E-state index is 0.0390. The average molecular weight is 387 g/mol. The van der Waals surface area contributed by atoms with E-state index in [-0.39, 0.29) is 6.04 Å². The Morgan fingerprint density at radius 2 is 1.52 bits per heavy atom. The number of hydrogen-bond acceptors (Lipinski definition) is 3. The number of amides is 2. The molecule has 148 valence electrons. The van der Waals surface area contributed by atoms with Crippen LogP contribution in [-0.4, -0.2) is 36.3 Å². The molecule has 0 unspecified atom stereocenters. The van der Waals surface area contributed by atoms with Crippen molar-refractivity contribution in [1.82, 2.24) is 10.2 Å². The number of carbonyl (C=O) groups excluding carboxylic acids is 2. The molecule has 1 saturated heterocycles. The van der Waals surface area contributed by atoms with Crippen LogP contribution in [-0.2, 0) is 9.59 Å². The second-order valence-electron chi connectivity index (χ2n) is 7.36. The van der Waals surface area contributed by atoms with Crippen molar-refractivity contribution in [2.75, 3.05) is 25.0 Å². The van der Waals surface area contributed by atoms with Gasteiger partial charge in [0.05, 0.1) is 6.04 Å². The van der Waals surface area contributed by atoms with E-state index >= 15 is 0 Å². The Hall–Kier alpha value is -3.18. The van der Waals surface area contributed by atoms with Crippen LogP contribution in [0.2, 0.25) is 0 Å². The first-order valence-electron chi connectivity index (χ1n) is 10.1. The Bertz CT molecular complexity index is 992. The van der Waals surface area contributed by atoms with Gasteiger partial charge in [0, 0.05) is 12.2 Å². The first-order chi connectivity index (χ1) is 14.2. The summed E-state index contributed by atoms with van der Waals surface area (Å²) in [4.78, 5) is 27.1. The lowest BCUT2D eigenvalue weighted by Gasteiger charge is -2.29. The number of hydrogen-bond donors (Lipinski definition) is 2. The van der Waals surface area contributed by atoms with Crippen LogP contribution in [0, 0.1) is 0 Å². The maximum absolute atomic E-state index is 12.4. The van der Waals surface area contributed by atoms with E-state index in [1.807, 2.05) is 30.3 Å². The van der Waals surface area contributed by atoms with Gasteiger partial charge < -0.3 is 10.6 Å². The van der Waals surface area contributed by atoms with Gasteiger partial charge in [-0.3, -0.25) is 14.5 Å². The normalized spacial score (nSPS) is 15.2. The van der Waals surface area contributed by atoms with E-state index in [2.05, 4.69) is 45.9 Å². The quantitative estimate of drug-likeness (QED) is 0.656. The molecule has 0 aromatic heterocycles. The van der Waals surface area contributed by atoms with Gasteiger partial charge >= 0.3 is 11.8 Å². The molecular weight excluding hydrogens is 362 g/mol. The third kappa shape index (κ3) is 4.46. The van der Waals surface area contributed by atoms with Gasteiger partial charge in [-0.25, -0.2) is 0 Å². The molecule has 1 fully saturated rings. The maximum atomic E-state index is 12.4. The van der Waals surface area contributed by atoms with Crippen molar-refractivity contribution in [3.05, 3.63) is 78.4 Å². The summed E-state index contributed by atoms with van der Waals surface area (Å²) in [5.41, 5.74) is 1.80. The number of rotatable bonds is 5. The Kier molecular flexibility index (Phi) is 5.86. The second-order valence-corrected chi connectivity index (χ2v) is 7.36. The molecule has 1 atom stereocenters. The van der Waals surface area contributed by atoms with Gasteiger partial charge in [0.25, 0.3) is 0 Å². The molecule has 0 bridgehead atoms. The zero-order valence-corrected chi connectivity index (χ0v) is 16.3. The second kappa shape index (κ2) is 8.88. The summed E-state index contributed by atoms with van der Waals surface area (Å²) in [6.07, 6.45) is 2.31. The van der Waals surface area contributed by atoms with Crippen LogP contribution >= 0.6 is 0 Å². The summed E-state index contributed by atoms with van der Waals surface area (Å²) >= 11 is 0. The topological polar surface area (TPSA) is 61.4 Å². The van der Waals surface area contributed by atoms with Crippen molar-refractivity contribution < 1.29 is 9.59 Å². The van der Waals surface area contributed by atoms with Gasteiger partial charge in [-0.1, -0.05) is 60.7 Å². The van der Waals surface area contributed by atoms with Crippen LogP contribution in [0.25, 0.3) is 10.8 Å². The van der Waals surface area contributed by atoms with Gasteiger partial charge in [0.2, 0.25) is 0 Å². The van der Waals surface area contributed by atoms with Crippen molar-refractivity contribution in [1.29, 1.82) is 0 Å². The van der Waals surface area contributed by atoms with E-state index in [0.29, 0.717) is 12.2 Å². The summed E-state index contributed by atoms with van der Waals surface area (Å²) in [7, 11) is 0. The molecular formula is C24H25N3O2. The van der Waals surface area contributed by atoms with Crippen LogP contribution in [0.15, 0.2) is 72.8 Å². The minimum Gasteiger partial charge on any atom is -0.346 e. The lowest BCUT2D eigenvalue weighted by Crippen LogP contribution is -2.41.